The lowest BCUT2D eigenvalue weighted by molar-refractivity contribution is -0.0221. The summed E-state index contributed by atoms with van der Waals surface area (Å²) in [6, 6.07) is -0.242. The molecule has 1 heterocycles. The molecule has 0 aliphatic carbocycles. The molecule has 0 unspecified atom stereocenters. The van der Waals surface area contributed by atoms with Gasteiger partial charge in [-0.2, -0.15) is 4.98 Å². The smallest absolute Gasteiger partial charge is 0.243 e. The maximum atomic E-state index is 5.61. The Morgan fingerprint density at radius 1 is 1.57 bits per heavy atom. The van der Waals surface area contributed by atoms with E-state index in [4.69, 9.17) is 15.0 Å². The molecule has 14 heavy (non-hydrogen) atoms. The summed E-state index contributed by atoms with van der Waals surface area (Å²) in [5.41, 5.74) is 5.08. The topological polar surface area (TPSA) is 74.2 Å². The Balaban J connectivity index is 2.85. The molecule has 1 atom stereocenters. The lowest BCUT2D eigenvalue weighted by Gasteiger charge is -2.19. The second-order valence-corrected chi connectivity index (χ2v) is 3.69. The van der Waals surface area contributed by atoms with Gasteiger partial charge in [0, 0.05) is 6.61 Å². The molecule has 0 saturated heterocycles. The number of aromatic nitrogens is 2. The zero-order valence-electron chi connectivity index (χ0n) is 9.07. The molecule has 2 N–H and O–H groups in total. The van der Waals surface area contributed by atoms with Crippen LogP contribution in [0, 0.1) is 0 Å². The normalized spacial score (nSPS) is 14.4. The molecule has 1 aromatic rings. The lowest BCUT2D eigenvalue weighted by atomic mass is 10.1. The molecule has 1 rings (SSSR count). The Kier molecular flexibility index (Phi) is 3.23. The van der Waals surface area contributed by atoms with Gasteiger partial charge in [0.15, 0.2) is 0 Å². The minimum absolute atomic E-state index is 0.242. The summed E-state index contributed by atoms with van der Waals surface area (Å²) < 4.78 is 10.5. The fourth-order valence-corrected chi connectivity index (χ4v) is 1.09. The fraction of sp³-hybridized carbons (Fsp3) is 0.778. The van der Waals surface area contributed by atoms with Crippen molar-refractivity contribution in [1.82, 2.24) is 10.1 Å². The summed E-state index contributed by atoms with van der Waals surface area (Å²) >= 11 is 0. The quantitative estimate of drug-likeness (QED) is 0.792. The van der Waals surface area contributed by atoms with Crippen LogP contribution in [0.3, 0.4) is 0 Å². The van der Waals surface area contributed by atoms with Gasteiger partial charge in [0.2, 0.25) is 11.7 Å². The molecule has 5 heteroatoms. The first-order chi connectivity index (χ1) is 6.47. The van der Waals surface area contributed by atoms with Crippen molar-refractivity contribution in [3.05, 3.63) is 11.7 Å². The van der Waals surface area contributed by atoms with E-state index in [1.54, 1.807) is 6.92 Å². The number of hydrogen-bond donors (Lipinski definition) is 1. The van der Waals surface area contributed by atoms with Gasteiger partial charge in [-0.25, -0.2) is 0 Å². The second kappa shape index (κ2) is 4.06. The van der Waals surface area contributed by atoms with Gasteiger partial charge in [-0.15, -0.1) is 0 Å². The molecule has 0 amide bonds. The van der Waals surface area contributed by atoms with Crippen molar-refractivity contribution in [2.24, 2.45) is 5.73 Å². The summed E-state index contributed by atoms with van der Waals surface area (Å²) in [6.07, 6.45) is 0. The third-order valence-corrected chi connectivity index (χ3v) is 1.87. The largest absolute Gasteiger partial charge is 0.368 e. The number of nitrogens with two attached hydrogens (primary N) is 1. The van der Waals surface area contributed by atoms with Crippen LogP contribution in [0.1, 0.15) is 45.5 Å². The van der Waals surface area contributed by atoms with Gasteiger partial charge in [-0.1, -0.05) is 5.16 Å². The van der Waals surface area contributed by atoms with Crippen molar-refractivity contribution in [1.29, 1.82) is 0 Å². The van der Waals surface area contributed by atoms with E-state index in [0.717, 1.165) is 0 Å². The zero-order chi connectivity index (χ0) is 10.8. The first kappa shape index (κ1) is 11.1. The second-order valence-electron chi connectivity index (χ2n) is 3.69. The minimum Gasteiger partial charge on any atom is -0.368 e. The van der Waals surface area contributed by atoms with E-state index >= 15 is 0 Å². The third-order valence-electron chi connectivity index (χ3n) is 1.87. The van der Waals surface area contributed by atoms with Crippen LogP contribution in [-0.2, 0) is 10.3 Å². The van der Waals surface area contributed by atoms with Crippen LogP contribution < -0.4 is 5.73 Å². The van der Waals surface area contributed by atoms with E-state index in [0.29, 0.717) is 18.3 Å². The van der Waals surface area contributed by atoms with E-state index in [2.05, 4.69) is 10.1 Å². The number of rotatable bonds is 4. The van der Waals surface area contributed by atoms with Gasteiger partial charge >= 0.3 is 0 Å². The standard InChI is InChI=1S/C9H17N3O2/c1-5-13-9(3,4)8-11-7(6(2)10)14-12-8/h6H,5,10H2,1-4H3/t6-/m1/s1. The molecule has 0 aromatic carbocycles. The van der Waals surface area contributed by atoms with E-state index in [1.807, 2.05) is 20.8 Å². The zero-order valence-corrected chi connectivity index (χ0v) is 9.07. The van der Waals surface area contributed by atoms with Crippen LogP contribution in [0.2, 0.25) is 0 Å². The predicted molar refractivity (Wildman–Crippen MR) is 51.6 cm³/mol. The molecular formula is C9H17N3O2. The molecule has 80 valence electrons. The Morgan fingerprint density at radius 2 is 2.21 bits per heavy atom. The van der Waals surface area contributed by atoms with Gasteiger partial charge in [0.25, 0.3) is 0 Å². The van der Waals surface area contributed by atoms with Crippen molar-refractivity contribution < 1.29 is 9.26 Å². The van der Waals surface area contributed by atoms with E-state index in [9.17, 15) is 0 Å². The minimum atomic E-state index is -0.522. The Hall–Kier alpha value is -0.940. The number of nitrogens with zero attached hydrogens (tertiary/aromatic N) is 2. The summed E-state index contributed by atoms with van der Waals surface area (Å²) in [4.78, 5) is 4.17. The highest BCUT2D eigenvalue weighted by atomic mass is 16.5. The first-order valence-electron chi connectivity index (χ1n) is 4.71. The molecule has 0 bridgehead atoms. The van der Waals surface area contributed by atoms with Gasteiger partial charge < -0.3 is 15.0 Å². The first-order valence-corrected chi connectivity index (χ1v) is 4.71. The molecule has 0 aliphatic heterocycles. The average Bonchev–Trinajstić information content (AvgIpc) is 2.51. The molecule has 0 radical (unpaired) electrons. The molecule has 1 aromatic heterocycles. The van der Waals surface area contributed by atoms with Crippen molar-refractivity contribution in [3.8, 4) is 0 Å². The lowest BCUT2D eigenvalue weighted by Crippen LogP contribution is -2.23. The van der Waals surface area contributed by atoms with Crippen molar-refractivity contribution in [2.45, 2.75) is 39.3 Å². The van der Waals surface area contributed by atoms with Crippen molar-refractivity contribution in [3.63, 3.8) is 0 Å². The third kappa shape index (κ3) is 2.30. The maximum Gasteiger partial charge on any atom is 0.243 e. The highest BCUT2D eigenvalue weighted by Gasteiger charge is 2.27. The van der Waals surface area contributed by atoms with Gasteiger partial charge in [0.1, 0.15) is 5.60 Å². The number of hydrogen-bond acceptors (Lipinski definition) is 5. The van der Waals surface area contributed by atoms with Gasteiger partial charge in [-0.05, 0) is 27.7 Å². The van der Waals surface area contributed by atoms with Crippen molar-refractivity contribution in [2.75, 3.05) is 6.61 Å². The summed E-state index contributed by atoms with van der Waals surface area (Å²) in [5, 5.41) is 3.84. The van der Waals surface area contributed by atoms with Crippen LogP contribution in [0.25, 0.3) is 0 Å². The van der Waals surface area contributed by atoms with E-state index in [1.165, 1.54) is 0 Å². The SMILES string of the molecule is CCOC(C)(C)c1noc([C@@H](C)N)n1. The van der Waals surface area contributed by atoms with Crippen LogP contribution in [0.4, 0.5) is 0 Å². The highest BCUT2D eigenvalue weighted by molar-refractivity contribution is 4.98. The fourth-order valence-electron chi connectivity index (χ4n) is 1.09. The van der Waals surface area contributed by atoms with Crippen molar-refractivity contribution >= 4 is 0 Å². The molecular weight excluding hydrogens is 182 g/mol. The van der Waals surface area contributed by atoms with E-state index in [-0.39, 0.29) is 6.04 Å². The van der Waals surface area contributed by atoms with Crippen LogP contribution in [-0.4, -0.2) is 16.7 Å². The number of ether oxygens (including phenoxy) is 1. The molecule has 0 aliphatic rings. The Morgan fingerprint density at radius 3 is 2.64 bits per heavy atom. The predicted octanol–water partition coefficient (Wildman–Crippen LogP) is 1.36. The monoisotopic (exact) mass is 199 g/mol. The maximum absolute atomic E-state index is 5.61. The summed E-state index contributed by atoms with van der Waals surface area (Å²) in [7, 11) is 0. The molecule has 5 nitrogen and oxygen atoms in total. The Labute approximate surface area is 83.6 Å². The molecule has 0 spiro atoms. The van der Waals surface area contributed by atoms with Crippen LogP contribution >= 0.6 is 0 Å². The van der Waals surface area contributed by atoms with Gasteiger partial charge in [0.05, 0.1) is 6.04 Å². The summed E-state index contributed by atoms with van der Waals surface area (Å²) in [5.74, 6) is 0.972. The molecule has 0 fully saturated rings. The highest BCUT2D eigenvalue weighted by Crippen LogP contribution is 2.22. The average molecular weight is 199 g/mol. The Bertz CT molecular complexity index is 294. The van der Waals surface area contributed by atoms with Crippen LogP contribution in [0.15, 0.2) is 4.52 Å². The van der Waals surface area contributed by atoms with Crippen LogP contribution in [0.5, 0.6) is 0 Å². The van der Waals surface area contributed by atoms with E-state index < -0.39 is 5.60 Å². The molecule has 0 saturated carbocycles. The van der Waals surface area contributed by atoms with Gasteiger partial charge in [-0.3, -0.25) is 0 Å². The summed E-state index contributed by atoms with van der Waals surface area (Å²) in [6.45, 7) is 8.12.